The predicted molar refractivity (Wildman–Crippen MR) is 89.2 cm³/mol. The van der Waals surface area contributed by atoms with Gasteiger partial charge in [0.05, 0.1) is 6.54 Å². The fraction of sp³-hybridized carbons (Fsp3) is 0.105. The van der Waals surface area contributed by atoms with Gasteiger partial charge in [0.1, 0.15) is 23.9 Å². The first kappa shape index (κ1) is 14.9. The van der Waals surface area contributed by atoms with E-state index in [1.165, 1.54) is 6.07 Å². The van der Waals surface area contributed by atoms with Crippen molar-refractivity contribution in [3.8, 4) is 17.2 Å². The number of hydrogen-bond donors (Lipinski definition) is 0. The molecule has 0 aliphatic heterocycles. The van der Waals surface area contributed by atoms with Crippen molar-refractivity contribution in [2.75, 3.05) is 6.61 Å². The number of rotatable bonds is 6. The van der Waals surface area contributed by atoms with E-state index >= 15 is 0 Å². The lowest BCUT2D eigenvalue weighted by molar-refractivity contribution is 0.296. The van der Waals surface area contributed by atoms with Gasteiger partial charge in [-0.25, -0.2) is 0 Å². The highest BCUT2D eigenvalue weighted by Gasteiger charge is 1.99. The Morgan fingerprint density at radius 1 is 0.739 bits per heavy atom. The zero-order chi connectivity index (χ0) is 15.9. The summed E-state index contributed by atoms with van der Waals surface area (Å²) in [7, 11) is 0. The van der Waals surface area contributed by atoms with Crippen LogP contribution in [0.1, 0.15) is 0 Å². The number of para-hydroxylation sites is 1. The van der Waals surface area contributed by atoms with Crippen LogP contribution in [0.4, 0.5) is 0 Å². The Kier molecular flexibility index (Phi) is 4.74. The van der Waals surface area contributed by atoms with E-state index in [4.69, 9.17) is 9.47 Å². The molecule has 23 heavy (non-hydrogen) atoms. The predicted octanol–water partition coefficient (Wildman–Crippen LogP) is 3.72. The fourth-order valence-electron chi connectivity index (χ4n) is 2.14. The molecule has 0 radical (unpaired) electrons. The van der Waals surface area contributed by atoms with Crippen LogP contribution in [0, 0.1) is 0 Å². The monoisotopic (exact) mass is 307 g/mol. The Hall–Kier alpha value is -3.01. The lowest BCUT2D eigenvalue weighted by atomic mass is 10.3. The quantitative estimate of drug-likeness (QED) is 0.697. The summed E-state index contributed by atoms with van der Waals surface area (Å²) in [6.45, 7) is 0.949. The van der Waals surface area contributed by atoms with Crippen LogP contribution in [0.2, 0.25) is 0 Å². The van der Waals surface area contributed by atoms with E-state index in [1.807, 2.05) is 60.7 Å². The van der Waals surface area contributed by atoms with Crippen LogP contribution in [-0.2, 0) is 6.54 Å². The molecule has 0 amide bonds. The topological polar surface area (TPSA) is 40.5 Å². The zero-order valence-electron chi connectivity index (χ0n) is 12.6. The van der Waals surface area contributed by atoms with E-state index in [9.17, 15) is 4.79 Å². The Morgan fingerprint density at radius 2 is 1.39 bits per heavy atom. The van der Waals surface area contributed by atoms with Crippen molar-refractivity contribution in [2.24, 2.45) is 0 Å². The van der Waals surface area contributed by atoms with Gasteiger partial charge in [-0.1, -0.05) is 24.3 Å². The van der Waals surface area contributed by atoms with Crippen molar-refractivity contribution in [3.05, 3.63) is 89.3 Å². The van der Waals surface area contributed by atoms with Gasteiger partial charge in [-0.05, 0) is 42.5 Å². The van der Waals surface area contributed by atoms with Crippen LogP contribution in [0.3, 0.4) is 0 Å². The Morgan fingerprint density at radius 3 is 2.13 bits per heavy atom. The number of ether oxygens (including phenoxy) is 2. The molecule has 0 aliphatic rings. The van der Waals surface area contributed by atoms with Crippen LogP contribution in [-0.4, -0.2) is 11.2 Å². The first-order valence-corrected chi connectivity index (χ1v) is 7.42. The smallest absolute Gasteiger partial charge is 0.250 e. The lowest BCUT2D eigenvalue weighted by Gasteiger charge is -2.09. The minimum atomic E-state index is -0.0253. The summed E-state index contributed by atoms with van der Waals surface area (Å²) in [5.41, 5.74) is -0.0253. The molecule has 116 valence electrons. The molecule has 0 saturated heterocycles. The normalized spacial score (nSPS) is 10.3. The highest BCUT2D eigenvalue weighted by atomic mass is 16.5. The molecule has 4 heteroatoms. The van der Waals surface area contributed by atoms with Crippen LogP contribution >= 0.6 is 0 Å². The maximum atomic E-state index is 11.6. The maximum Gasteiger partial charge on any atom is 0.250 e. The third kappa shape index (κ3) is 4.23. The molecule has 0 saturated carbocycles. The summed E-state index contributed by atoms with van der Waals surface area (Å²) < 4.78 is 13.0. The molecule has 0 fully saturated rings. The van der Waals surface area contributed by atoms with Crippen LogP contribution < -0.4 is 15.0 Å². The average molecular weight is 307 g/mol. The maximum absolute atomic E-state index is 11.6. The van der Waals surface area contributed by atoms with Gasteiger partial charge >= 0.3 is 0 Å². The van der Waals surface area contributed by atoms with Crippen LogP contribution in [0.25, 0.3) is 0 Å². The van der Waals surface area contributed by atoms with Gasteiger partial charge in [-0.2, -0.15) is 0 Å². The first-order valence-electron chi connectivity index (χ1n) is 7.42. The summed E-state index contributed by atoms with van der Waals surface area (Å²) in [5.74, 6) is 2.29. The van der Waals surface area contributed by atoms with Gasteiger partial charge in [0.25, 0.3) is 5.56 Å². The molecule has 0 spiro atoms. The van der Waals surface area contributed by atoms with Gasteiger partial charge in [0, 0.05) is 12.3 Å². The first-order chi connectivity index (χ1) is 11.3. The summed E-state index contributed by atoms with van der Waals surface area (Å²) >= 11 is 0. The van der Waals surface area contributed by atoms with Crippen LogP contribution in [0.15, 0.2) is 83.8 Å². The fourth-order valence-corrected chi connectivity index (χ4v) is 2.14. The molecule has 0 aliphatic carbocycles. The average Bonchev–Trinajstić information content (AvgIpc) is 2.59. The van der Waals surface area contributed by atoms with Crippen LogP contribution in [0.5, 0.6) is 17.2 Å². The molecule has 3 aromatic rings. The molecular formula is C19H17NO3. The van der Waals surface area contributed by atoms with Gasteiger partial charge in [-0.15, -0.1) is 0 Å². The van der Waals surface area contributed by atoms with E-state index < -0.39 is 0 Å². The number of nitrogens with zero attached hydrogens (tertiary/aromatic N) is 1. The molecule has 0 bridgehead atoms. The Balaban J connectivity index is 1.54. The molecule has 4 nitrogen and oxygen atoms in total. The third-order valence-electron chi connectivity index (χ3n) is 3.30. The molecule has 1 aromatic heterocycles. The van der Waals surface area contributed by atoms with Crippen molar-refractivity contribution in [3.63, 3.8) is 0 Å². The van der Waals surface area contributed by atoms with Crippen molar-refractivity contribution >= 4 is 0 Å². The summed E-state index contributed by atoms with van der Waals surface area (Å²) in [5, 5.41) is 0. The minimum absolute atomic E-state index is 0.0253. The van der Waals surface area contributed by atoms with E-state index in [-0.39, 0.29) is 5.56 Å². The van der Waals surface area contributed by atoms with Crippen molar-refractivity contribution in [1.29, 1.82) is 0 Å². The second-order valence-electron chi connectivity index (χ2n) is 4.97. The summed E-state index contributed by atoms with van der Waals surface area (Å²) in [4.78, 5) is 11.6. The molecule has 0 atom stereocenters. The van der Waals surface area contributed by atoms with E-state index in [2.05, 4.69) is 0 Å². The zero-order valence-corrected chi connectivity index (χ0v) is 12.6. The van der Waals surface area contributed by atoms with E-state index in [0.29, 0.717) is 13.2 Å². The van der Waals surface area contributed by atoms with E-state index in [0.717, 1.165) is 17.2 Å². The van der Waals surface area contributed by atoms with Crippen molar-refractivity contribution in [1.82, 2.24) is 4.57 Å². The van der Waals surface area contributed by atoms with E-state index in [1.54, 1.807) is 16.8 Å². The molecule has 0 unspecified atom stereocenters. The number of aromatic nitrogens is 1. The largest absolute Gasteiger partial charge is 0.492 e. The minimum Gasteiger partial charge on any atom is -0.492 e. The molecular weight excluding hydrogens is 290 g/mol. The second-order valence-corrected chi connectivity index (χ2v) is 4.97. The number of benzene rings is 2. The van der Waals surface area contributed by atoms with Gasteiger partial charge in [0.2, 0.25) is 0 Å². The third-order valence-corrected chi connectivity index (χ3v) is 3.30. The Bertz CT molecular complexity index is 795. The Labute approximate surface area is 134 Å². The number of hydrogen-bond acceptors (Lipinski definition) is 3. The molecule has 3 rings (SSSR count). The molecule has 0 N–H and O–H groups in total. The molecule has 1 heterocycles. The lowest BCUT2D eigenvalue weighted by Crippen LogP contribution is -2.21. The van der Waals surface area contributed by atoms with Crippen molar-refractivity contribution < 1.29 is 9.47 Å². The van der Waals surface area contributed by atoms with Gasteiger partial charge in [0.15, 0.2) is 0 Å². The van der Waals surface area contributed by atoms with Gasteiger partial charge in [-0.3, -0.25) is 4.79 Å². The highest BCUT2D eigenvalue weighted by Crippen LogP contribution is 2.23. The molecule has 2 aromatic carbocycles. The standard InChI is InChI=1S/C19H17NO3/c21-19-8-4-5-13-20(19)14-15-22-16-9-11-18(12-10-16)23-17-6-2-1-3-7-17/h1-13H,14-15H2. The highest BCUT2D eigenvalue weighted by molar-refractivity contribution is 5.35. The summed E-state index contributed by atoms with van der Waals surface area (Å²) in [6.07, 6.45) is 1.75. The van der Waals surface area contributed by atoms with Gasteiger partial charge < -0.3 is 14.0 Å². The summed E-state index contributed by atoms with van der Waals surface area (Å²) in [6, 6.07) is 22.1. The SMILES string of the molecule is O=c1ccccn1CCOc1ccc(Oc2ccccc2)cc1. The van der Waals surface area contributed by atoms with Crippen molar-refractivity contribution in [2.45, 2.75) is 6.54 Å². The second kappa shape index (κ2) is 7.31. The number of pyridine rings is 1.